The summed E-state index contributed by atoms with van der Waals surface area (Å²) < 4.78 is 5.90. The van der Waals surface area contributed by atoms with Crippen LogP contribution in [0.4, 0.5) is 0 Å². The first kappa shape index (κ1) is 25.4. The molecule has 2 unspecified atom stereocenters. The lowest BCUT2D eigenvalue weighted by Gasteiger charge is -2.35. The van der Waals surface area contributed by atoms with Gasteiger partial charge in [-0.3, -0.25) is 9.80 Å². The van der Waals surface area contributed by atoms with Gasteiger partial charge in [0.1, 0.15) is 18.5 Å². The van der Waals surface area contributed by atoms with Gasteiger partial charge < -0.3 is 14.9 Å². The molecule has 0 radical (unpaired) electrons. The number of hydrogen-bond acceptors (Lipinski definition) is 5. The largest absolute Gasteiger partial charge is 0.491 e. The Bertz CT molecular complexity index is 486. The Morgan fingerprint density at radius 3 is 2.31 bits per heavy atom. The maximum absolute atomic E-state index is 10.3. The molecule has 2 rings (SSSR count). The van der Waals surface area contributed by atoms with E-state index in [0.717, 1.165) is 44.9 Å². The summed E-state index contributed by atoms with van der Waals surface area (Å²) in [4.78, 5) is 4.52. The van der Waals surface area contributed by atoms with Crippen molar-refractivity contribution in [3.63, 3.8) is 0 Å². The van der Waals surface area contributed by atoms with Gasteiger partial charge in [-0.2, -0.15) is 0 Å². The molecule has 1 aromatic carbocycles. The van der Waals surface area contributed by atoms with Crippen LogP contribution in [0.2, 0.25) is 0 Å². The summed E-state index contributed by atoms with van der Waals surface area (Å²) >= 11 is 0. The number of aliphatic hydroxyl groups is 2. The number of aliphatic hydroxyl groups excluding tert-OH is 2. The van der Waals surface area contributed by atoms with Gasteiger partial charge in [-0.05, 0) is 24.0 Å². The third kappa shape index (κ3) is 7.99. The van der Waals surface area contributed by atoms with Crippen molar-refractivity contribution in [3.8, 4) is 5.75 Å². The molecule has 0 amide bonds. The Hall–Kier alpha value is -0.560. The van der Waals surface area contributed by atoms with Crippen molar-refractivity contribution < 1.29 is 14.9 Å². The van der Waals surface area contributed by atoms with E-state index in [4.69, 9.17) is 9.84 Å². The van der Waals surface area contributed by atoms with Crippen LogP contribution in [-0.4, -0.2) is 78.6 Å². The van der Waals surface area contributed by atoms with Crippen molar-refractivity contribution in [2.24, 2.45) is 0 Å². The molecule has 26 heavy (non-hydrogen) atoms. The second-order valence-corrected chi connectivity index (χ2v) is 6.68. The molecule has 1 aromatic rings. The van der Waals surface area contributed by atoms with Crippen molar-refractivity contribution in [2.45, 2.75) is 32.3 Å². The van der Waals surface area contributed by atoms with Crippen LogP contribution in [0.5, 0.6) is 5.75 Å². The zero-order valence-corrected chi connectivity index (χ0v) is 17.5. The number of halogens is 2. The third-order valence-electron chi connectivity index (χ3n) is 4.84. The number of hydrogen-bond donors (Lipinski definition) is 2. The van der Waals surface area contributed by atoms with E-state index in [1.54, 1.807) is 0 Å². The van der Waals surface area contributed by atoms with Gasteiger partial charge in [0.15, 0.2) is 0 Å². The van der Waals surface area contributed by atoms with Gasteiger partial charge in [0.25, 0.3) is 0 Å². The molecule has 1 aliphatic rings. The van der Waals surface area contributed by atoms with E-state index in [1.165, 1.54) is 5.56 Å². The number of piperazine rings is 1. The Kier molecular flexibility index (Phi) is 13.3. The summed E-state index contributed by atoms with van der Waals surface area (Å²) in [5.74, 6) is 1.34. The second kappa shape index (κ2) is 13.6. The van der Waals surface area contributed by atoms with Crippen molar-refractivity contribution in [3.05, 3.63) is 29.8 Å². The summed E-state index contributed by atoms with van der Waals surface area (Å²) in [6.07, 6.45) is 0.584. The number of para-hydroxylation sites is 1. The Balaban J connectivity index is 0.00000312. The monoisotopic (exact) mass is 408 g/mol. The highest BCUT2D eigenvalue weighted by Gasteiger charge is 2.19. The average molecular weight is 409 g/mol. The first-order valence-electron chi connectivity index (χ1n) is 9.09. The van der Waals surface area contributed by atoms with Gasteiger partial charge in [0.05, 0.1) is 6.61 Å². The van der Waals surface area contributed by atoms with Crippen LogP contribution in [0, 0.1) is 0 Å². The Labute approximate surface area is 170 Å². The van der Waals surface area contributed by atoms with Crippen LogP contribution < -0.4 is 4.74 Å². The summed E-state index contributed by atoms with van der Waals surface area (Å²) in [6.45, 7) is 10.1. The maximum atomic E-state index is 10.3. The molecule has 1 aliphatic heterocycles. The van der Waals surface area contributed by atoms with E-state index in [9.17, 15) is 5.11 Å². The molecule has 2 N–H and O–H groups in total. The summed E-state index contributed by atoms with van der Waals surface area (Å²) in [5.41, 5.74) is 1.21. The Morgan fingerprint density at radius 2 is 1.69 bits per heavy atom. The fourth-order valence-electron chi connectivity index (χ4n) is 3.11. The summed E-state index contributed by atoms with van der Waals surface area (Å²) in [7, 11) is 0. The Morgan fingerprint density at radius 1 is 1.08 bits per heavy atom. The fourth-order valence-corrected chi connectivity index (χ4v) is 3.11. The zero-order valence-electron chi connectivity index (χ0n) is 15.8. The number of ether oxygens (including phenoxy) is 1. The van der Waals surface area contributed by atoms with E-state index in [1.807, 2.05) is 18.2 Å². The third-order valence-corrected chi connectivity index (χ3v) is 4.84. The van der Waals surface area contributed by atoms with Crippen LogP contribution in [0.15, 0.2) is 24.3 Å². The van der Waals surface area contributed by atoms with E-state index >= 15 is 0 Å². The minimum atomic E-state index is -0.487. The van der Waals surface area contributed by atoms with E-state index < -0.39 is 6.10 Å². The summed E-state index contributed by atoms with van der Waals surface area (Å²) in [6, 6.07) is 8.11. The minimum absolute atomic E-state index is 0. The van der Waals surface area contributed by atoms with E-state index in [2.05, 4.69) is 29.7 Å². The van der Waals surface area contributed by atoms with Crippen molar-refractivity contribution in [1.29, 1.82) is 0 Å². The molecule has 2 atom stereocenters. The molecule has 0 spiro atoms. The topological polar surface area (TPSA) is 56.2 Å². The maximum Gasteiger partial charge on any atom is 0.122 e. The molecule has 0 saturated carbocycles. The molecular formula is C19H34Cl2N2O3. The van der Waals surface area contributed by atoms with Crippen LogP contribution in [0.3, 0.4) is 0 Å². The molecule has 0 aromatic heterocycles. The lowest BCUT2D eigenvalue weighted by atomic mass is 9.98. The molecule has 1 heterocycles. The highest BCUT2D eigenvalue weighted by molar-refractivity contribution is 5.85. The molecular weight excluding hydrogens is 375 g/mol. The molecule has 0 bridgehead atoms. The molecule has 152 valence electrons. The highest BCUT2D eigenvalue weighted by Crippen LogP contribution is 2.28. The number of rotatable bonds is 9. The van der Waals surface area contributed by atoms with Crippen LogP contribution in [0.1, 0.15) is 31.7 Å². The normalized spacial score (nSPS) is 17.7. The van der Waals surface area contributed by atoms with E-state index in [-0.39, 0.29) is 31.4 Å². The fraction of sp³-hybridized carbons (Fsp3) is 0.684. The van der Waals surface area contributed by atoms with E-state index in [0.29, 0.717) is 19.1 Å². The smallest absolute Gasteiger partial charge is 0.122 e. The van der Waals surface area contributed by atoms with Crippen molar-refractivity contribution in [2.75, 3.05) is 52.5 Å². The van der Waals surface area contributed by atoms with Crippen LogP contribution >= 0.6 is 24.8 Å². The van der Waals surface area contributed by atoms with Crippen LogP contribution in [-0.2, 0) is 0 Å². The predicted octanol–water partition coefficient (Wildman–Crippen LogP) is 2.39. The lowest BCUT2D eigenvalue weighted by Crippen LogP contribution is -2.49. The quantitative estimate of drug-likeness (QED) is 0.656. The minimum Gasteiger partial charge on any atom is -0.491 e. The van der Waals surface area contributed by atoms with Gasteiger partial charge in [0, 0.05) is 39.3 Å². The molecule has 1 saturated heterocycles. The summed E-state index contributed by atoms with van der Waals surface area (Å²) in [5, 5.41) is 19.3. The first-order chi connectivity index (χ1) is 11.6. The first-order valence-corrected chi connectivity index (χ1v) is 9.09. The van der Waals surface area contributed by atoms with Crippen molar-refractivity contribution in [1.82, 2.24) is 9.80 Å². The molecule has 0 aliphatic carbocycles. The molecule has 7 heteroatoms. The van der Waals surface area contributed by atoms with Gasteiger partial charge in [-0.15, -0.1) is 24.8 Å². The molecule has 1 fully saturated rings. The zero-order chi connectivity index (χ0) is 17.4. The van der Waals surface area contributed by atoms with Gasteiger partial charge in [-0.25, -0.2) is 0 Å². The SMILES string of the molecule is CCC(C)c1ccccc1OCC(O)CN1CCN(CCO)CC1.Cl.Cl. The van der Waals surface area contributed by atoms with Crippen molar-refractivity contribution >= 4 is 24.8 Å². The number of benzene rings is 1. The average Bonchev–Trinajstić information content (AvgIpc) is 2.61. The molecule has 5 nitrogen and oxygen atoms in total. The predicted molar refractivity (Wildman–Crippen MR) is 111 cm³/mol. The van der Waals surface area contributed by atoms with Gasteiger partial charge in [0.2, 0.25) is 0 Å². The lowest BCUT2D eigenvalue weighted by molar-refractivity contribution is 0.0426. The number of nitrogens with zero attached hydrogens (tertiary/aromatic N) is 2. The van der Waals surface area contributed by atoms with Gasteiger partial charge >= 0.3 is 0 Å². The number of β-amino-alcohol motifs (C(OH)–C–C–N with tert-alkyl or cyclic N) is 2. The second-order valence-electron chi connectivity index (χ2n) is 6.68. The van der Waals surface area contributed by atoms with Crippen LogP contribution in [0.25, 0.3) is 0 Å². The van der Waals surface area contributed by atoms with Gasteiger partial charge in [-0.1, -0.05) is 32.0 Å². The highest BCUT2D eigenvalue weighted by atomic mass is 35.5. The standard InChI is InChI=1S/C19H32N2O3.2ClH/c1-3-16(2)18-6-4-5-7-19(18)24-15-17(23)14-21-10-8-20(9-11-21)12-13-22;;/h4-7,16-17,22-23H,3,8-15H2,1-2H3;2*1H.